The van der Waals surface area contributed by atoms with Crippen molar-refractivity contribution in [2.45, 2.75) is 19.7 Å². The minimum atomic E-state index is -4.77. The number of nitrogens with zero attached hydrogens (tertiary/aromatic N) is 3. The van der Waals surface area contributed by atoms with Crippen molar-refractivity contribution in [2.75, 3.05) is 11.9 Å². The number of amides is 1. The van der Waals surface area contributed by atoms with Crippen molar-refractivity contribution >= 4 is 11.6 Å². The van der Waals surface area contributed by atoms with Gasteiger partial charge in [-0.1, -0.05) is 6.07 Å². The highest BCUT2D eigenvalue weighted by Crippen LogP contribution is 2.26. The molecule has 0 N–H and O–H groups in total. The van der Waals surface area contributed by atoms with Gasteiger partial charge in [0.15, 0.2) is 0 Å². The van der Waals surface area contributed by atoms with Gasteiger partial charge in [-0.05, 0) is 19.1 Å². The zero-order valence-electron chi connectivity index (χ0n) is 12.9. The van der Waals surface area contributed by atoms with E-state index in [1.54, 1.807) is 24.9 Å². The fraction of sp³-hybridized carbons (Fsp3) is 0.333. The summed E-state index contributed by atoms with van der Waals surface area (Å²) >= 11 is 0. The number of likely N-dealkylation sites (N-methyl/N-ethyl adjacent to an activating group) is 1. The number of aryl methyl sites for hydroxylation is 2. The third-order valence-corrected chi connectivity index (χ3v) is 3.27. The number of carbonyl (C=O) groups excluding carboxylic acids is 1. The molecule has 0 radical (unpaired) electrons. The van der Waals surface area contributed by atoms with E-state index in [-0.39, 0.29) is 18.1 Å². The predicted molar refractivity (Wildman–Crippen MR) is 78.2 cm³/mol. The molecular weight excluding hydrogens is 311 g/mol. The summed E-state index contributed by atoms with van der Waals surface area (Å²) in [4.78, 5) is 13.6. The molecule has 1 amide bonds. The summed E-state index contributed by atoms with van der Waals surface area (Å²) in [5.74, 6) is -0.627. The van der Waals surface area contributed by atoms with Gasteiger partial charge in [0.25, 0.3) is 0 Å². The Morgan fingerprint density at radius 3 is 2.65 bits per heavy atom. The van der Waals surface area contributed by atoms with E-state index in [2.05, 4.69) is 9.84 Å². The zero-order chi connectivity index (χ0) is 17.2. The molecule has 0 bridgehead atoms. The number of anilines is 1. The molecule has 124 valence electrons. The van der Waals surface area contributed by atoms with Crippen molar-refractivity contribution in [3.63, 3.8) is 0 Å². The van der Waals surface area contributed by atoms with E-state index in [0.717, 1.165) is 11.3 Å². The van der Waals surface area contributed by atoms with Gasteiger partial charge in [0.2, 0.25) is 5.91 Å². The van der Waals surface area contributed by atoms with Gasteiger partial charge in [0.1, 0.15) is 5.75 Å². The fourth-order valence-electron chi connectivity index (χ4n) is 2.14. The molecule has 0 saturated heterocycles. The van der Waals surface area contributed by atoms with Crippen LogP contribution in [0, 0.1) is 6.92 Å². The van der Waals surface area contributed by atoms with Crippen molar-refractivity contribution < 1.29 is 22.7 Å². The largest absolute Gasteiger partial charge is 0.573 e. The fourth-order valence-corrected chi connectivity index (χ4v) is 2.14. The maximum Gasteiger partial charge on any atom is 0.573 e. The Bertz CT molecular complexity index is 710. The van der Waals surface area contributed by atoms with Gasteiger partial charge in [0, 0.05) is 37.6 Å². The maximum atomic E-state index is 12.3. The van der Waals surface area contributed by atoms with E-state index in [4.69, 9.17) is 0 Å². The topological polar surface area (TPSA) is 47.4 Å². The highest BCUT2D eigenvalue weighted by Gasteiger charge is 2.31. The third kappa shape index (κ3) is 4.48. The highest BCUT2D eigenvalue weighted by molar-refractivity contribution is 5.94. The number of hydrogen-bond acceptors (Lipinski definition) is 3. The summed E-state index contributed by atoms with van der Waals surface area (Å²) in [5, 5.41) is 4.15. The SMILES string of the molecule is Cc1nn(C)cc1CC(=O)N(C)c1cccc(OC(F)(F)F)c1. The molecule has 0 atom stereocenters. The number of halogens is 3. The van der Waals surface area contributed by atoms with Gasteiger partial charge < -0.3 is 9.64 Å². The van der Waals surface area contributed by atoms with Crippen LogP contribution in [0.25, 0.3) is 0 Å². The molecule has 1 aromatic carbocycles. The van der Waals surface area contributed by atoms with Crippen LogP contribution in [0.5, 0.6) is 5.75 Å². The van der Waals surface area contributed by atoms with Gasteiger partial charge >= 0.3 is 6.36 Å². The molecular formula is C15H16F3N3O2. The first-order chi connectivity index (χ1) is 10.7. The maximum absolute atomic E-state index is 12.3. The van der Waals surface area contributed by atoms with Crippen LogP contribution in [0.15, 0.2) is 30.5 Å². The molecule has 0 aliphatic carbocycles. The molecule has 0 aliphatic rings. The first kappa shape index (κ1) is 16.9. The Kier molecular flexibility index (Phi) is 4.63. The zero-order valence-corrected chi connectivity index (χ0v) is 12.9. The Balaban J connectivity index is 2.13. The quantitative estimate of drug-likeness (QED) is 0.867. The molecule has 1 heterocycles. The van der Waals surface area contributed by atoms with Crippen LogP contribution in [-0.2, 0) is 18.3 Å². The van der Waals surface area contributed by atoms with E-state index >= 15 is 0 Å². The molecule has 1 aromatic heterocycles. The van der Waals surface area contributed by atoms with E-state index in [0.29, 0.717) is 5.69 Å². The van der Waals surface area contributed by atoms with Crippen LogP contribution in [0.2, 0.25) is 0 Å². The van der Waals surface area contributed by atoms with Crippen molar-refractivity contribution in [1.29, 1.82) is 0 Å². The molecule has 8 heteroatoms. The molecule has 0 saturated carbocycles. The smallest absolute Gasteiger partial charge is 0.406 e. The standard InChI is InChI=1S/C15H16F3N3O2/c1-10-11(9-20(2)19-10)7-14(22)21(3)12-5-4-6-13(8-12)23-15(16,17)18/h4-6,8-9H,7H2,1-3H3. The Labute approximate surface area is 131 Å². The van der Waals surface area contributed by atoms with Crippen LogP contribution in [-0.4, -0.2) is 29.1 Å². The lowest BCUT2D eigenvalue weighted by Gasteiger charge is -2.18. The van der Waals surface area contributed by atoms with Gasteiger partial charge in [0.05, 0.1) is 12.1 Å². The number of aromatic nitrogens is 2. The van der Waals surface area contributed by atoms with Crippen LogP contribution in [0.3, 0.4) is 0 Å². The minimum Gasteiger partial charge on any atom is -0.406 e. The van der Waals surface area contributed by atoms with Crippen LogP contribution in [0.1, 0.15) is 11.3 Å². The lowest BCUT2D eigenvalue weighted by atomic mass is 10.1. The summed E-state index contributed by atoms with van der Waals surface area (Å²) in [6.45, 7) is 1.79. The Morgan fingerprint density at radius 2 is 2.09 bits per heavy atom. The molecule has 5 nitrogen and oxygen atoms in total. The summed E-state index contributed by atoms with van der Waals surface area (Å²) < 4.78 is 42.2. The second kappa shape index (κ2) is 6.31. The van der Waals surface area contributed by atoms with Gasteiger partial charge in [-0.3, -0.25) is 9.48 Å². The van der Waals surface area contributed by atoms with Crippen LogP contribution in [0.4, 0.5) is 18.9 Å². The second-order valence-electron chi connectivity index (χ2n) is 5.09. The van der Waals surface area contributed by atoms with Gasteiger partial charge in [-0.15, -0.1) is 13.2 Å². The van der Waals surface area contributed by atoms with Crippen molar-refractivity contribution in [3.05, 3.63) is 41.7 Å². The van der Waals surface area contributed by atoms with Crippen molar-refractivity contribution in [1.82, 2.24) is 9.78 Å². The normalized spacial score (nSPS) is 11.4. The van der Waals surface area contributed by atoms with E-state index < -0.39 is 6.36 Å². The summed E-state index contributed by atoms with van der Waals surface area (Å²) in [6, 6.07) is 5.29. The number of alkyl halides is 3. The Hall–Kier alpha value is -2.51. The highest BCUT2D eigenvalue weighted by atomic mass is 19.4. The lowest BCUT2D eigenvalue weighted by molar-refractivity contribution is -0.274. The molecule has 2 aromatic rings. The molecule has 0 spiro atoms. The molecule has 0 unspecified atom stereocenters. The second-order valence-corrected chi connectivity index (χ2v) is 5.09. The molecule has 23 heavy (non-hydrogen) atoms. The number of ether oxygens (including phenoxy) is 1. The van der Waals surface area contributed by atoms with E-state index in [1.807, 2.05) is 0 Å². The van der Waals surface area contributed by atoms with Crippen LogP contribution < -0.4 is 9.64 Å². The van der Waals surface area contributed by atoms with Gasteiger partial charge in [-0.2, -0.15) is 5.10 Å². The average molecular weight is 327 g/mol. The monoisotopic (exact) mass is 327 g/mol. The Morgan fingerprint density at radius 1 is 1.39 bits per heavy atom. The molecule has 0 aliphatic heterocycles. The summed E-state index contributed by atoms with van der Waals surface area (Å²) in [6.07, 6.45) is -2.92. The predicted octanol–water partition coefficient (Wildman–Crippen LogP) is 2.83. The average Bonchev–Trinajstić information content (AvgIpc) is 2.74. The number of carbonyl (C=O) groups is 1. The van der Waals surface area contributed by atoms with E-state index in [9.17, 15) is 18.0 Å². The first-order valence-electron chi connectivity index (χ1n) is 6.77. The van der Waals surface area contributed by atoms with Crippen molar-refractivity contribution in [3.8, 4) is 5.75 Å². The molecule has 2 rings (SSSR count). The van der Waals surface area contributed by atoms with E-state index in [1.165, 1.54) is 36.2 Å². The first-order valence-corrected chi connectivity index (χ1v) is 6.77. The summed E-state index contributed by atoms with van der Waals surface area (Å²) in [7, 11) is 3.25. The van der Waals surface area contributed by atoms with Crippen molar-refractivity contribution in [2.24, 2.45) is 7.05 Å². The van der Waals surface area contributed by atoms with Crippen LogP contribution >= 0.6 is 0 Å². The molecule has 0 fully saturated rings. The summed E-state index contributed by atoms with van der Waals surface area (Å²) in [5.41, 5.74) is 1.83. The third-order valence-electron chi connectivity index (χ3n) is 3.27. The minimum absolute atomic E-state index is 0.112. The number of hydrogen-bond donors (Lipinski definition) is 0. The number of rotatable bonds is 4. The van der Waals surface area contributed by atoms with Gasteiger partial charge in [-0.25, -0.2) is 0 Å². The lowest BCUT2D eigenvalue weighted by Crippen LogP contribution is -2.28. The number of benzene rings is 1.